The molecule has 0 bridgehead atoms. The van der Waals surface area contributed by atoms with Crippen molar-refractivity contribution in [3.63, 3.8) is 0 Å². The molecular formula is C22H16Cl2FNO3S. The van der Waals surface area contributed by atoms with Crippen molar-refractivity contribution in [1.82, 2.24) is 4.98 Å². The van der Waals surface area contributed by atoms with Crippen LogP contribution in [0.1, 0.15) is 16.8 Å². The van der Waals surface area contributed by atoms with E-state index in [2.05, 4.69) is 4.98 Å². The number of pyridine rings is 1. The van der Waals surface area contributed by atoms with Gasteiger partial charge in [0.1, 0.15) is 24.3 Å². The standard InChI is InChI=1S/C22H16Cl2FNO3S/c23-18-4-3-5-19(24)21(18)30-13-15-10-16(25)8-7-14(15)11-29-12-17(22(27)28)20-6-1-2-9-26-20/h1-10,12H,11,13H2,(H,27,28). The lowest BCUT2D eigenvalue weighted by Crippen LogP contribution is -2.03. The molecule has 0 radical (unpaired) electrons. The molecule has 0 aliphatic rings. The SMILES string of the molecule is O=C(O)C(=COCc1ccc(F)cc1CSc1c(Cl)cccc1Cl)c1ccccn1. The Balaban J connectivity index is 1.76. The van der Waals surface area contributed by atoms with Crippen LogP contribution in [0.2, 0.25) is 10.0 Å². The molecule has 3 aromatic rings. The van der Waals surface area contributed by atoms with E-state index in [1.165, 1.54) is 30.1 Å². The highest BCUT2D eigenvalue weighted by Crippen LogP contribution is 2.36. The van der Waals surface area contributed by atoms with Crippen molar-refractivity contribution in [3.8, 4) is 0 Å². The number of thioether (sulfide) groups is 1. The Hall–Kier alpha value is -2.54. The molecule has 0 saturated carbocycles. The Morgan fingerprint density at radius 2 is 1.87 bits per heavy atom. The van der Waals surface area contributed by atoms with Gasteiger partial charge in [0.15, 0.2) is 0 Å². The zero-order chi connectivity index (χ0) is 21.5. The highest BCUT2D eigenvalue weighted by molar-refractivity contribution is 7.98. The van der Waals surface area contributed by atoms with Crippen molar-refractivity contribution in [1.29, 1.82) is 0 Å². The van der Waals surface area contributed by atoms with Crippen molar-refractivity contribution < 1.29 is 19.0 Å². The van der Waals surface area contributed by atoms with Crippen molar-refractivity contribution in [2.75, 3.05) is 0 Å². The molecule has 0 aliphatic heterocycles. The molecule has 154 valence electrons. The predicted octanol–water partition coefficient (Wildman–Crippen LogP) is 6.46. The molecule has 2 aromatic carbocycles. The number of hydrogen-bond donors (Lipinski definition) is 1. The summed E-state index contributed by atoms with van der Waals surface area (Å²) < 4.78 is 19.3. The lowest BCUT2D eigenvalue weighted by Gasteiger charge is -2.11. The maximum Gasteiger partial charge on any atom is 0.341 e. The number of aliphatic carboxylic acids is 1. The molecule has 8 heteroatoms. The molecular weight excluding hydrogens is 448 g/mol. The van der Waals surface area contributed by atoms with E-state index in [0.717, 1.165) is 6.26 Å². The van der Waals surface area contributed by atoms with Gasteiger partial charge in [-0.15, -0.1) is 11.8 Å². The molecule has 0 spiro atoms. The lowest BCUT2D eigenvalue weighted by molar-refractivity contribution is -0.130. The molecule has 0 unspecified atom stereocenters. The number of rotatable bonds is 8. The number of nitrogens with zero attached hydrogens (tertiary/aromatic N) is 1. The van der Waals surface area contributed by atoms with E-state index in [-0.39, 0.29) is 23.7 Å². The van der Waals surface area contributed by atoms with Gasteiger partial charge in [-0.25, -0.2) is 9.18 Å². The first-order valence-electron chi connectivity index (χ1n) is 8.76. The van der Waals surface area contributed by atoms with E-state index in [1.54, 1.807) is 42.5 Å². The second kappa shape index (κ2) is 10.5. The average molecular weight is 464 g/mol. The maximum absolute atomic E-state index is 13.8. The van der Waals surface area contributed by atoms with Gasteiger partial charge in [-0.2, -0.15) is 0 Å². The van der Waals surface area contributed by atoms with E-state index < -0.39 is 5.97 Å². The fourth-order valence-electron chi connectivity index (χ4n) is 2.60. The molecule has 0 saturated heterocycles. The van der Waals surface area contributed by atoms with Crippen LogP contribution < -0.4 is 0 Å². The molecule has 4 nitrogen and oxygen atoms in total. The van der Waals surface area contributed by atoms with E-state index in [0.29, 0.717) is 31.8 Å². The Morgan fingerprint density at radius 1 is 1.10 bits per heavy atom. The van der Waals surface area contributed by atoms with Crippen LogP contribution >= 0.6 is 35.0 Å². The molecule has 0 atom stereocenters. The number of halogens is 3. The Bertz CT molecular complexity index is 1060. The minimum Gasteiger partial charge on any atom is -0.496 e. The van der Waals surface area contributed by atoms with Gasteiger partial charge in [-0.3, -0.25) is 4.98 Å². The number of carboxylic acids is 1. The number of aromatic nitrogens is 1. The number of hydrogen-bond acceptors (Lipinski definition) is 4. The summed E-state index contributed by atoms with van der Waals surface area (Å²) in [7, 11) is 0. The van der Waals surface area contributed by atoms with Crippen LogP contribution in [-0.2, 0) is 21.9 Å². The summed E-state index contributed by atoms with van der Waals surface area (Å²) in [6.45, 7) is 0.0655. The summed E-state index contributed by atoms with van der Waals surface area (Å²) >= 11 is 13.8. The minimum atomic E-state index is -1.16. The highest BCUT2D eigenvalue weighted by atomic mass is 35.5. The van der Waals surface area contributed by atoms with Crippen molar-refractivity contribution in [2.24, 2.45) is 0 Å². The van der Waals surface area contributed by atoms with Crippen molar-refractivity contribution in [2.45, 2.75) is 17.3 Å². The Morgan fingerprint density at radius 3 is 2.53 bits per heavy atom. The third-order valence-corrected chi connectivity index (χ3v) is 6.11. The molecule has 3 rings (SSSR count). The summed E-state index contributed by atoms with van der Waals surface area (Å²) in [5, 5.41) is 10.4. The van der Waals surface area contributed by atoms with Gasteiger partial charge in [0.25, 0.3) is 0 Å². The Kier molecular flexibility index (Phi) is 7.74. The van der Waals surface area contributed by atoms with Crippen LogP contribution in [0, 0.1) is 5.82 Å². The normalized spacial score (nSPS) is 11.4. The topological polar surface area (TPSA) is 59.4 Å². The average Bonchev–Trinajstić information content (AvgIpc) is 2.72. The van der Waals surface area contributed by atoms with Crippen LogP contribution in [0.15, 0.2) is 72.0 Å². The van der Waals surface area contributed by atoms with Crippen molar-refractivity contribution in [3.05, 3.63) is 99.7 Å². The smallest absolute Gasteiger partial charge is 0.341 e. The van der Waals surface area contributed by atoms with Gasteiger partial charge >= 0.3 is 5.97 Å². The third-order valence-electron chi connectivity index (χ3n) is 4.07. The van der Waals surface area contributed by atoms with Gasteiger partial charge in [-0.05, 0) is 47.5 Å². The van der Waals surface area contributed by atoms with Gasteiger partial charge < -0.3 is 9.84 Å². The third kappa shape index (κ3) is 5.75. The van der Waals surface area contributed by atoms with Gasteiger partial charge in [0.05, 0.1) is 15.7 Å². The van der Waals surface area contributed by atoms with E-state index in [9.17, 15) is 14.3 Å². The van der Waals surface area contributed by atoms with Crippen LogP contribution in [0.4, 0.5) is 4.39 Å². The van der Waals surface area contributed by atoms with E-state index >= 15 is 0 Å². The molecule has 1 heterocycles. The highest BCUT2D eigenvalue weighted by Gasteiger charge is 2.13. The van der Waals surface area contributed by atoms with Crippen molar-refractivity contribution >= 4 is 46.5 Å². The van der Waals surface area contributed by atoms with Gasteiger partial charge in [0, 0.05) is 16.8 Å². The monoisotopic (exact) mass is 463 g/mol. The fourth-order valence-corrected chi connectivity index (χ4v) is 4.30. The first kappa shape index (κ1) is 22.2. The second-order valence-electron chi connectivity index (χ2n) is 6.12. The number of carboxylic acid groups (broad SMARTS) is 1. The van der Waals surface area contributed by atoms with Crippen LogP contribution in [0.25, 0.3) is 5.57 Å². The number of ether oxygens (including phenoxy) is 1. The molecule has 30 heavy (non-hydrogen) atoms. The first-order valence-corrected chi connectivity index (χ1v) is 10.5. The summed E-state index contributed by atoms with van der Waals surface area (Å²) in [5.74, 6) is -1.12. The van der Waals surface area contributed by atoms with E-state index in [1.807, 2.05) is 0 Å². The second-order valence-corrected chi connectivity index (χ2v) is 7.92. The van der Waals surface area contributed by atoms with Gasteiger partial charge in [-0.1, -0.05) is 41.4 Å². The van der Waals surface area contributed by atoms with Gasteiger partial charge in [0.2, 0.25) is 0 Å². The van der Waals surface area contributed by atoms with E-state index in [4.69, 9.17) is 27.9 Å². The predicted molar refractivity (Wildman–Crippen MR) is 117 cm³/mol. The van der Waals surface area contributed by atoms with Crippen LogP contribution in [0.5, 0.6) is 0 Å². The molecule has 0 aliphatic carbocycles. The lowest BCUT2D eigenvalue weighted by atomic mass is 10.1. The largest absolute Gasteiger partial charge is 0.496 e. The zero-order valence-corrected chi connectivity index (χ0v) is 17.8. The molecule has 1 aromatic heterocycles. The number of carbonyl (C=O) groups is 1. The summed E-state index contributed by atoms with van der Waals surface area (Å²) in [4.78, 5) is 16.2. The van der Waals surface area contributed by atoms with Crippen LogP contribution in [0.3, 0.4) is 0 Å². The zero-order valence-electron chi connectivity index (χ0n) is 15.5. The summed E-state index contributed by atoms with van der Waals surface area (Å²) in [6.07, 6.45) is 2.65. The quantitative estimate of drug-likeness (QED) is 0.236. The maximum atomic E-state index is 13.8. The number of benzene rings is 2. The first-order chi connectivity index (χ1) is 14.5. The van der Waals surface area contributed by atoms with Crippen LogP contribution in [-0.4, -0.2) is 16.1 Å². The Labute approximate surface area is 187 Å². The summed E-state index contributed by atoms with van der Waals surface area (Å²) in [5.41, 5.74) is 1.62. The molecule has 0 fully saturated rings. The molecule has 0 amide bonds. The molecule has 1 N–H and O–H groups in total. The summed E-state index contributed by atoms with van der Waals surface area (Å²) in [6, 6.07) is 14.5. The fraction of sp³-hybridized carbons (Fsp3) is 0.0909. The minimum absolute atomic E-state index is 0.0655.